The predicted molar refractivity (Wildman–Crippen MR) is 129 cm³/mol. The molecule has 2 aliphatic rings. The Morgan fingerprint density at radius 1 is 1.11 bits per heavy atom. The number of fused-ring (bicyclic) bond motifs is 1. The van der Waals surface area contributed by atoms with Gasteiger partial charge in [-0.1, -0.05) is 24.3 Å². The van der Waals surface area contributed by atoms with Crippen LogP contribution in [-0.4, -0.2) is 49.0 Å². The van der Waals surface area contributed by atoms with E-state index in [4.69, 9.17) is 14.2 Å². The van der Waals surface area contributed by atoms with Crippen molar-refractivity contribution < 1.29 is 28.6 Å². The van der Waals surface area contributed by atoms with Gasteiger partial charge in [0.05, 0.1) is 26.2 Å². The fraction of sp³-hybridized carbons (Fsp3) is 0.444. The Labute approximate surface area is 205 Å². The number of imide groups is 1. The minimum Gasteiger partial charge on any atom is -0.493 e. The Balaban J connectivity index is 1.37. The summed E-state index contributed by atoms with van der Waals surface area (Å²) in [7, 11) is 0. The summed E-state index contributed by atoms with van der Waals surface area (Å²) in [5.41, 5.74) is 4.20. The molecule has 0 saturated carbocycles. The number of carbonyl (C=O) groups excluding carboxylic acids is 3. The third-order valence-electron chi connectivity index (χ3n) is 6.31. The molecule has 1 atom stereocenters. The van der Waals surface area contributed by atoms with E-state index < -0.39 is 0 Å². The van der Waals surface area contributed by atoms with Crippen molar-refractivity contribution in [3.63, 3.8) is 0 Å². The molecule has 0 aliphatic carbocycles. The van der Waals surface area contributed by atoms with E-state index in [9.17, 15) is 14.4 Å². The van der Waals surface area contributed by atoms with Crippen LogP contribution in [0.15, 0.2) is 36.4 Å². The van der Waals surface area contributed by atoms with Crippen LogP contribution < -0.4 is 14.8 Å². The molecule has 2 aliphatic heterocycles. The zero-order valence-corrected chi connectivity index (χ0v) is 20.3. The summed E-state index contributed by atoms with van der Waals surface area (Å²) >= 11 is 0. The minimum absolute atomic E-state index is 0.134. The molecule has 0 radical (unpaired) electrons. The van der Waals surface area contributed by atoms with Gasteiger partial charge in [0.1, 0.15) is 18.1 Å². The van der Waals surface area contributed by atoms with Crippen molar-refractivity contribution in [2.45, 2.75) is 52.1 Å². The number of rotatable bonds is 11. The lowest BCUT2D eigenvalue weighted by Gasteiger charge is -2.20. The van der Waals surface area contributed by atoms with E-state index in [0.717, 1.165) is 40.2 Å². The predicted octanol–water partition coefficient (Wildman–Crippen LogP) is 3.24. The molecule has 1 N–H and O–H groups in total. The summed E-state index contributed by atoms with van der Waals surface area (Å²) in [5.74, 6) is 1.12. The quantitative estimate of drug-likeness (QED) is 0.390. The van der Waals surface area contributed by atoms with Gasteiger partial charge >= 0.3 is 5.97 Å². The van der Waals surface area contributed by atoms with Crippen molar-refractivity contribution in [2.75, 3.05) is 26.4 Å². The average molecular weight is 481 g/mol. The average Bonchev–Trinajstić information content (AvgIpc) is 3.44. The number of hydrogen-bond donors (Lipinski definition) is 1. The van der Waals surface area contributed by atoms with Crippen molar-refractivity contribution in [1.29, 1.82) is 0 Å². The smallest absolute Gasteiger partial charge is 0.307 e. The van der Waals surface area contributed by atoms with E-state index in [1.54, 1.807) is 6.92 Å². The molecule has 2 aromatic carbocycles. The monoisotopic (exact) mass is 480 g/mol. The standard InChI is InChI=1S/C27H32N2O6/c1-3-33-27(32)16-22(20-5-7-24-21(15-20)10-12-34-24)28-17-19-4-6-23(18(2)14-19)35-13-11-29-25(30)8-9-26(29)31/h4-7,14-15,22,28H,3,8-13,16-17H2,1-2H3. The maximum Gasteiger partial charge on any atom is 0.307 e. The molecule has 4 rings (SSSR count). The zero-order valence-electron chi connectivity index (χ0n) is 20.3. The Kier molecular flexibility index (Phi) is 8.02. The molecule has 8 nitrogen and oxygen atoms in total. The van der Waals surface area contributed by atoms with Gasteiger partial charge in [-0.3, -0.25) is 19.3 Å². The zero-order chi connectivity index (χ0) is 24.8. The van der Waals surface area contributed by atoms with Gasteiger partial charge in [-0.25, -0.2) is 0 Å². The van der Waals surface area contributed by atoms with Crippen LogP contribution in [0.5, 0.6) is 11.5 Å². The molecular formula is C27H32N2O6. The fourth-order valence-electron chi connectivity index (χ4n) is 4.46. The first kappa shape index (κ1) is 24.7. The normalized spacial score (nSPS) is 15.7. The van der Waals surface area contributed by atoms with Crippen LogP contribution in [0.3, 0.4) is 0 Å². The van der Waals surface area contributed by atoms with Crippen molar-refractivity contribution in [1.82, 2.24) is 10.2 Å². The summed E-state index contributed by atoms with van der Waals surface area (Å²) in [6, 6.07) is 11.8. The maximum absolute atomic E-state index is 12.3. The SMILES string of the molecule is CCOC(=O)CC(NCc1ccc(OCCN2C(=O)CCC2=O)c(C)c1)c1ccc2c(c1)CCO2. The van der Waals surface area contributed by atoms with E-state index in [0.29, 0.717) is 19.8 Å². The number of carbonyl (C=O) groups is 3. The van der Waals surface area contributed by atoms with Crippen LogP contribution in [0.1, 0.15) is 54.5 Å². The van der Waals surface area contributed by atoms with Gasteiger partial charge in [0.2, 0.25) is 11.8 Å². The second-order valence-corrected chi connectivity index (χ2v) is 8.80. The number of benzene rings is 2. The van der Waals surface area contributed by atoms with Gasteiger partial charge in [0.15, 0.2) is 0 Å². The Morgan fingerprint density at radius 2 is 1.91 bits per heavy atom. The number of ether oxygens (including phenoxy) is 3. The summed E-state index contributed by atoms with van der Waals surface area (Å²) in [6.07, 6.45) is 1.68. The van der Waals surface area contributed by atoms with Gasteiger partial charge < -0.3 is 19.5 Å². The highest BCUT2D eigenvalue weighted by molar-refractivity contribution is 6.01. The lowest BCUT2D eigenvalue weighted by molar-refractivity contribution is -0.144. The number of likely N-dealkylation sites (tertiary alicyclic amines) is 1. The van der Waals surface area contributed by atoms with Crippen LogP contribution in [0.25, 0.3) is 0 Å². The van der Waals surface area contributed by atoms with Crippen LogP contribution in [0.4, 0.5) is 0 Å². The second kappa shape index (κ2) is 11.4. The molecule has 2 heterocycles. The van der Waals surface area contributed by atoms with Crippen molar-refractivity contribution in [3.8, 4) is 11.5 Å². The molecule has 0 spiro atoms. The van der Waals surface area contributed by atoms with Crippen LogP contribution in [-0.2, 0) is 32.1 Å². The number of nitrogens with one attached hydrogen (secondary N) is 1. The molecule has 1 saturated heterocycles. The van der Waals surface area contributed by atoms with Crippen molar-refractivity contribution in [2.24, 2.45) is 0 Å². The first-order chi connectivity index (χ1) is 16.9. The maximum atomic E-state index is 12.3. The number of amides is 2. The van der Waals surface area contributed by atoms with Crippen molar-refractivity contribution in [3.05, 3.63) is 58.7 Å². The van der Waals surface area contributed by atoms with Gasteiger partial charge in [-0.05, 0) is 48.2 Å². The largest absolute Gasteiger partial charge is 0.493 e. The lowest BCUT2D eigenvalue weighted by atomic mass is 9.99. The molecular weight excluding hydrogens is 448 g/mol. The second-order valence-electron chi connectivity index (χ2n) is 8.80. The first-order valence-corrected chi connectivity index (χ1v) is 12.1. The van der Waals surface area contributed by atoms with E-state index in [1.807, 2.05) is 37.3 Å². The minimum atomic E-state index is -0.239. The van der Waals surface area contributed by atoms with Gasteiger partial charge in [-0.15, -0.1) is 0 Å². The highest BCUT2D eigenvalue weighted by atomic mass is 16.5. The number of aryl methyl sites for hydroxylation is 1. The third-order valence-corrected chi connectivity index (χ3v) is 6.31. The van der Waals surface area contributed by atoms with Crippen LogP contribution in [0.2, 0.25) is 0 Å². The number of esters is 1. The third kappa shape index (κ3) is 6.19. The summed E-state index contributed by atoms with van der Waals surface area (Å²) < 4.78 is 16.6. The molecule has 8 heteroatoms. The molecule has 0 aromatic heterocycles. The van der Waals surface area contributed by atoms with E-state index >= 15 is 0 Å². The first-order valence-electron chi connectivity index (χ1n) is 12.1. The highest BCUT2D eigenvalue weighted by Crippen LogP contribution is 2.30. The molecule has 0 bridgehead atoms. The molecule has 2 amide bonds. The Morgan fingerprint density at radius 3 is 2.66 bits per heavy atom. The van der Waals surface area contributed by atoms with Gasteiger partial charge in [0.25, 0.3) is 0 Å². The summed E-state index contributed by atoms with van der Waals surface area (Å²) in [4.78, 5) is 37.0. The topological polar surface area (TPSA) is 94.2 Å². The van der Waals surface area contributed by atoms with E-state index in [2.05, 4.69) is 11.4 Å². The van der Waals surface area contributed by atoms with Gasteiger partial charge in [0, 0.05) is 31.8 Å². The Hall–Kier alpha value is -3.39. The van der Waals surface area contributed by atoms with Crippen LogP contribution >= 0.6 is 0 Å². The van der Waals surface area contributed by atoms with Gasteiger partial charge in [-0.2, -0.15) is 0 Å². The summed E-state index contributed by atoms with van der Waals surface area (Å²) in [5, 5.41) is 3.51. The molecule has 186 valence electrons. The molecule has 35 heavy (non-hydrogen) atoms. The highest BCUT2D eigenvalue weighted by Gasteiger charge is 2.28. The van der Waals surface area contributed by atoms with Crippen LogP contribution in [0, 0.1) is 6.92 Å². The molecule has 2 aromatic rings. The van der Waals surface area contributed by atoms with Crippen molar-refractivity contribution >= 4 is 17.8 Å². The Bertz CT molecular complexity index is 1080. The summed E-state index contributed by atoms with van der Waals surface area (Å²) in [6.45, 7) is 5.90. The number of hydrogen-bond acceptors (Lipinski definition) is 7. The fourth-order valence-corrected chi connectivity index (χ4v) is 4.46. The molecule has 1 fully saturated rings. The number of nitrogens with zero attached hydrogens (tertiary/aromatic N) is 1. The van der Waals surface area contributed by atoms with E-state index in [-0.39, 0.29) is 56.2 Å². The lowest BCUT2D eigenvalue weighted by Crippen LogP contribution is -2.33. The van der Waals surface area contributed by atoms with E-state index in [1.165, 1.54) is 4.90 Å². The molecule has 1 unspecified atom stereocenters.